The summed E-state index contributed by atoms with van der Waals surface area (Å²) in [4.78, 5) is 26.9. The highest BCUT2D eigenvalue weighted by Crippen LogP contribution is 2.37. The molecule has 138 valence electrons. The molecule has 0 aliphatic carbocycles. The van der Waals surface area contributed by atoms with E-state index >= 15 is 0 Å². The second kappa shape index (κ2) is 9.85. The number of carbonyl (C=O) groups excluding carboxylic acids is 2. The largest absolute Gasteiger partial charge is 0.466 e. The lowest BCUT2D eigenvalue weighted by Crippen LogP contribution is -2.51. The van der Waals surface area contributed by atoms with E-state index in [1.54, 1.807) is 0 Å². The van der Waals surface area contributed by atoms with Gasteiger partial charge in [-0.15, -0.1) is 0 Å². The van der Waals surface area contributed by atoms with E-state index in [2.05, 4.69) is 12.1 Å². The second-order valence-corrected chi connectivity index (χ2v) is 7.56. The van der Waals surface area contributed by atoms with Crippen molar-refractivity contribution in [1.82, 2.24) is 4.90 Å². The Morgan fingerprint density at radius 3 is 2.72 bits per heavy atom. The number of hydrogen-bond donors (Lipinski definition) is 0. The molecule has 1 heterocycles. The summed E-state index contributed by atoms with van der Waals surface area (Å²) in [5, 5.41) is 0. The number of nitrogens with zero attached hydrogens (tertiary/aromatic N) is 1. The predicted molar refractivity (Wildman–Crippen MR) is 103 cm³/mol. The molecule has 1 amide bonds. The lowest BCUT2D eigenvalue weighted by molar-refractivity contribution is -0.161. The van der Waals surface area contributed by atoms with Crippen LogP contribution < -0.4 is 0 Å². The van der Waals surface area contributed by atoms with E-state index in [1.807, 2.05) is 36.3 Å². The Hall–Kier alpha value is -1.49. The molecule has 1 atom stereocenters. The van der Waals surface area contributed by atoms with Crippen molar-refractivity contribution in [2.75, 3.05) is 31.7 Å². The fourth-order valence-electron chi connectivity index (χ4n) is 3.59. The predicted octanol–water partition coefficient (Wildman–Crippen LogP) is 3.54. The van der Waals surface area contributed by atoms with Gasteiger partial charge in [0.25, 0.3) is 0 Å². The molecular weight excluding hydrogens is 334 g/mol. The summed E-state index contributed by atoms with van der Waals surface area (Å²) in [6.45, 7) is 3.48. The van der Waals surface area contributed by atoms with E-state index in [9.17, 15) is 9.59 Å². The molecule has 1 fully saturated rings. The van der Waals surface area contributed by atoms with Crippen LogP contribution in [0.5, 0.6) is 0 Å². The van der Waals surface area contributed by atoms with E-state index in [0.717, 1.165) is 38.6 Å². The number of esters is 1. The van der Waals surface area contributed by atoms with Crippen LogP contribution in [0.25, 0.3) is 0 Å². The zero-order valence-electron chi connectivity index (χ0n) is 15.3. The lowest BCUT2D eigenvalue weighted by Gasteiger charge is -2.41. The van der Waals surface area contributed by atoms with Crippen LogP contribution in [-0.4, -0.2) is 48.5 Å². The molecule has 0 unspecified atom stereocenters. The average Bonchev–Trinajstić information content (AvgIpc) is 2.63. The summed E-state index contributed by atoms with van der Waals surface area (Å²) in [6.07, 6.45) is 6.24. The van der Waals surface area contributed by atoms with Gasteiger partial charge in [0.05, 0.1) is 17.8 Å². The maximum Gasteiger partial charge on any atom is 0.313 e. The molecule has 0 radical (unpaired) electrons. The zero-order valence-corrected chi connectivity index (χ0v) is 16.1. The maximum absolute atomic E-state index is 12.7. The summed E-state index contributed by atoms with van der Waals surface area (Å²) in [5.74, 6) is 0.469. The van der Waals surface area contributed by atoms with Gasteiger partial charge in [-0.25, -0.2) is 0 Å². The van der Waals surface area contributed by atoms with Gasteiger partial charge in [0.1, 0.15) is 0 Å². The number of thioether (sulfide) groups is 1. The standard InChI is InChI=1S/C20H29NO3S/c1-3-24-19(23)20(12-7-11-17-9-5-4-6-10-17)13-8-14-21(16-20)18(22)15-25-2/h4-6,9-10H,3,7-8,11-16H2,1-2H3/t20-/m1/s1. The van der Waals surface area contributed by atoms with E-state index in [-0.39, 0.29) is 11.9 Å². The van der Waals surface area contributed by atoms with Crippen molar-refractivity contribution in [3.63, 3.8) is 0 Å². The molecule has 0 aromatic heterocycles. The van der Waals surface area contributed by atoms with Gasteiger partial charge >= 0.3 is 5.97 Å². The highest BCUT2D eigenvalue weighted by atomic mass is 32.2. The molecule has 5 heteroatoms. The number of hydrogen-bond acceptors (Lipinski definition) is 4. The van der Waals surface area contributed by atoms with Gasteiger partial charge in [0.15, 0.2) is 0 Å². The average molecular weight is 364 g/mol. The van der Waals surface area contributed by atoms with Crippen molar-refractivity contribution >= 4 is 23.6 Å². The van der Waals surface area contributed by atoms with E-state index in [0.29, 0.717) is 18.9 Å². The number of benzene rings is 1. The number of rotatable bonds is 8. The molecule has 1 aromatic carbocycles. The first-order valence-corrected chi connectivity index (χ1v) is 10.5. The molecule has 1 aliphatic heterocycles. The summed E-state index contributed by atoms with van der Waals surface area (Å²) in [7, 11) is 0. The van der Waals surface area contributed by atoms with Crippen molar-refractivity contribution < 1.29 is 14.3 Å². The van der Waals surface area contributed by atoms with Crippen molar-refractivity contribution in [3.05, 3.63) is 35.9 Å². The zero-order chi connectivity index (χ0) is 18.1. The quantitative estimate of drug-likeness (QED) is 0.663. The Morgan fingerprint density at radius 1 is 1.28 bits per heavy atom. The van der Waals surface area contributed by atoms with Crippen LogP contribution in [0.1, 0.15) is 38.2 Å². The number of ether oxygens (including phenoxy) is 1. The SMILES string of the molecule is CCOC(=O)[C@]1(CCCc2ccccc2)CCCN(C(=O)CSC)C1. The smallest absolute Gasteiger partial charge is 0.313 e. The van der Waals surface area contributed by atoms with Crippen LogP contribution in [0.4, 0.5) is 0 Å². The Morgan fingerprint density at radius 2 is 2.04 bits per heavy atom. The molecule has 1 saturated heterocycles. The minimum atomic E-state index is -0.545. The molecule has 0 saturated carbocycles. The third-order valence-electron chi connectivity index (χ3n) is 4.87. The third-order valence-corrected chi connectivity index (χ3v) is 5.41. The maximum atomic E-state index is 12.7. The van der Waals surface area contributed by atoms with Crippen molar-refractivity contribution in [1.29, 1.82) is 0 Å². The molecule has 1 aliphatic rings. The summed E-state index contributed by atoms with van der Waals surface area (Å²) in [6, 6.07) is 10.3. The fourth-order valence-corrected chi connectivity index (χ4v) is 4.02. The molecular formula is C20H29NO3S. The third kappa shape index (κ3) is 5.50. The van der Waals surface area contributed by atoms with Gasteiger partial charge in [0, 0.05) is 13.1 Å². The van der Waals surface area contributed by atoms with E-state index < -0.39 is 5.41 Å². The Balaban J connectivity index is 2.05. The molecule has 0 bridgehead atoms. The highest BCUT2D eigenvalue weighted by molar-refractivity contribution is 7.99. The van der Waals surface area contributed by atoms with Gasteiger partial charge in [-0.3, -0.25) is 9.59 Å². The van der Waals surface area contributed by atoms with Gasteiger partial charge in [0.2, 0.25) is 5.91 Å². The molecule has 25 heavy (non-hydrogen) atoms. The Kier molecular flexibility index (Phi) is 7.82. The first-order chi connectivity index (χ1) is 12.1. The second-order valence-electron chi connectivity index (χ2n) is 6.69. The summed E-state index contributed by atoms with van der Waals surface area (Å²) < 4.78 is 5.39. The van der Waals surface area contributed by atoms with Gasteiger partial charge in [-0.1, -0.05) is 30.3 Å². The monoisotopic (exact) mass is 363 g/mol. The van der Waals surface area contributed by atoms with Crippen molar-refractivity contribution in [3.8, 4) is 0 Å². The summed E-state index contributed by atoms with van der Waals surface area (Å²) >= 11 is 1.53. The van der Waals surface area contributed by atoms with Crippen LogP contribution in [0, 0.1) is 5.41 Å². The molecule has 0 spiro atoms. The first-order valence-electron chi connectivity index (χ1n) is 9.09. The number of carbonyl (C=O) groups is 2. The van der Waals surface area contributed by atoms with Gasteiger partial charge in [-0.2, -0.15) is 11.8 Å². The molecule has 4 nitrogen and oxygen atoms in total. The topological polar surface area (TPSA) is 46.6 Å². The number of amides is 1. The highest BCUT2D eigenvalue weighted by Gasteiger charge is 2.44. The van der Waals surface area contributed by atoms with Gasteiger partial charge < -0.3 is 9.64 Å². The number of aryl methyl sites for hydroxylation is 1. The number of piperidine rings is 1. The summed E-state index contributed by atoms with van der Waals surface area (Å²) in [5.41, 5.74) is 0.740. The van der Waals surface area contributed by atoms with Crippen molar-refractivity contribution in [2.45, 2.75) is 39.0 Å². The lowest BCUT2D eigenvalue weighted by atomic mass is 9.75. The van der Waals surface area contributed by atoms with Crippen LogP contribution in [0.3, 0.4) is 0 Å². The van der Waals surface area contributed by atoms with E-state index in [4.69, 9.17) is 4.74 Å². The molecule has 2 rings (SSSR count). The minimum absolute atomic E-state index is 0.129. The Bertz CT molecular complexity index is 563. The fraction of sp³-hybridized carbons (Fsp3) is 0.600. The van der Waals surface area contributed by atoms with Crippen LogP contribution >= 0.6 is 11.8 Å². The minimum Gasteiger partial charge on any atom is -0.466 e. The van der Waals surface area contributed by atoms with Crippen LogP contribution in [0.2, 0.25) is 0 Å². The molecule has 1 aromatic rings. The van der Waals surface area contributed by atoms with E-state index in [1.165, 1.54) is 17.3 Å². The normalized spacial score (nSPS) is 20.3. The van der Waals surface area contributed by atoms with Crippen LogP contribution in [0.15, 0.2) is 30.3 Å². The Labute approximate surface area is 155 Å². The number of likely N-dealkylation sites (tertiary alicyclic amines) is 1. The van der Waals surface area contributed by atoms with Crippen molar-refractivity contribution in [2.24, 2.45) is 5.41 Å². The van der Waals surface area contributed by atoms with Gasteiger partial charge in [-0.05, 0) is 50.8 Å². The van der Waals surface area contributed by atoms with Crippen LogP contribution in [-0.2, 0) is 20.7 Å². The first kappa shape index (κ1) is 19.8. The molecule has 0 N–H and O–H groups in total.